The highest BCUT2D eigenvalue weighted by Crippen LogP contribution is 2.16. The van der Waals surface area contributed by atoms with Crippen molar-refractivity contribution in [3.8, 4) is 0 Å². The first kappa shape index (κ1) is 16.8. The highest BCUT2D eigenvalue weighted by molar-refractivity contribution is 5.83. The third kappa shape index (κ3) is 5.04. The largest absolute Gasteiger partial charge is 0.479 e. The normalized spacial score (nSPS) is 28.3. The van der Waals surface area contributed by atoms with Gasteiger partial charge in [-0.25, -0.2) is 9.59 Å². The summed E-state index contributed by atoms with van der Waals surface area (Å²) in [5.74, 6) is -3.54. The lowest BCUT2D eigenvalue weighted by Crippen LogP contribution is -2.40. The van der Waals surface area contributed by atoms with Crippen molar-refractivity contribution in [3.05, 3.63) is 0 Å². The number of carboxylic acid groups (broad SMARTS) is 2. The molecule has 6 N–H and O–H groups in total. The van der Waals surface area contributed by atoms with Crippen LogP contribution < -0.4 is 10.6 Å². The van der Waals surface area contributed by atoms with Crippen molar-refractivity contribution in [1.29, 1.82) is 0 Å². The maximum Gasteiger partial charge on any atom is 0.335 e. The van der Waals surface area contributed by atoms with Crippen molar-refractivity contribution in [1.82, 2.24) is 10.6 Å². The Morgan fingerprint density at radius 1 is 0.850 bits per heavy atom. The molecule has 2 aliphatic heterocycles. The average Bonchev–Trinajstić information content (AvgIpc) is 3.08. The molecule has 0 spiro atoms. The minimum Gasteiger partial charge on any atom is -0.479 e. The van der Waals surface area contributed by atoms with Crippen LogP contribution in [0.25, 0.3) is 0 Å². The second-order valence-corrected chi connectivity index (χ2v) is 4.97. The molecule has 4 atom stereocenters. The number of carbonyl (C=O) groups is 2. The zero-order valence-corrected chi connectivity index (χ0v) is 11.2. The lowest BCUT2D eigenvalue weighted by atomic mass is 10.1. The zero-order valence-electron chi connectivity index (χ0n) is 11.2. The minimum atomic E-state index is -2.27. The number of hydrogen-bond donors (Lipinski definition) is 6. The van der Waals surface area contributed by atoms with Crippen molar-refractivity contribution in [3.63, 3.8) is 0 Å². The fourth-order valence-electron chi connectivity index (χ4n) is 2.38. The van der Waals surface area contributed by atoms with Crippen LogP contribution in [-0.2, 0) is 9.59 Å². The molecule has 0 aromatic heterocycles. The van der Waals surface area contributed by atoms with Crippen LogP contribution in [0, 0.1) is 0 Å². The Morgan fingerprint density at radius 3 is 1.40 bits per heavy atom. The molecule has 0 saturated carbocycles. The van der Waals surface area contributed by atoms with Gasteiger partial charge in [-0.15, -0.1) is 0 Å². The lowest BCUT2D eigenvalue weighted by Gasteiger charge is -2.17. The molecule has 116 valence electrons. The number of nitrogens with one attached hydrogen (secondary N) is 2. The summed E-state index contributed by atoms with van der Waals surface area (Å²) >= 11 is 0. The molecule has 2 aliphatic rings. The van der Waals surface area contributed by atoms with Crippen molar-refractivity contribution >= 4 is 11.9 Å². The van der Waals surface area contributed by atoms with Gasteiger partial charge < -0.3 is 31.1 Å². The number of aliphatic hydroxyl groups is 2. The molecule has 2 fully saturated rings. The molecule has 2 saturated heterocycles. The predicted octanol–water partition coefficient (Wildman–Crippen LogP) is -1.63. The van der Waals surface area contributed by atoms with Crippen LogP contribution >= 0.6 is 0 Å². The Labute approximate surface area is 116 Å². The highest BCUT2D eigenvalue weighted by Gasteiger charge is 2.29. The van der Waals surface area contributed by atoms with E-state index < -0.39 is 24.1 Å². The summed E-state index contributed by atoms with van der Waals surface area (Å²) in [6, 6.07) is 1.59. The van der Waals surface area contributed by atoms with E-state index >= 15 is 0 Å². The maximum absolute atomic E-state index is 9.77. The molecule has 8 heteroatoms. The smallest absolute Gasteiger partial charge is 0.335 e. The second-order valence-electron chi connectivity index (χ2n) is 4.97. The summed E-state index contributed by atoms with van der Waals surface area (Å²) in [6.45, 7) is 2.48. The number of carboxylic acids is 2. The Kier molecular flexibility index (Phi) is 6.86. The standard InChI is InChI=1S/C8H16N2.C4H6O6/c1-3-7(9-5-1)8-4-2-6-10-8;5-1(3(7)8)2(6)4(9)10/h7-10H,1-6H2;1-2,5-6H,(H,7,8)(H,9,10)/t7-,8?;/m0./s1. The first-order valence-electron chi connectivity index (χ1n) is 6.72. The molecule has 2 rings (SSSR count). The van der Waals surface area contributed by atoms with Gasteiger partial charge in [0.1, 0.15) is 0 Å². The van der Waals surface area contributed by atoms with Gasteiger partial charge in [0.25, 0.3) is 0 Å². The van der Waals surface area contributed by atoms with Crippen molar-refractivity contribution < 1.29 is 30.0 Å². The molecule has 20 heavy (non-hydrogen) atoms. The summed E-state index contributed by atoms with van der Waals surface area (Å²) < 4.78 is 0. The van der Waals surface area contributed by atoms with Gasteiger partial charge in [0.2, 0.25) is 0 Å². The summed E-state index contributed by atoms with van der Waals surface area (Å²) in [5.41, 5.74) is 0. The highest BCUT2D eigenvalue weighted by atomic mass is 16.4. The lowest BCUT2D eigenvalue weighted by molar-refractivity contribution is -0.165. The molecule has 8 nitrogen and oxygen atoms in total. The SMILES string of the molecule is C1CNC([C@@H]2CCCN2)C1.O=C(O)C(O)C(O)C(=O)O. The molecular weight excluding hydrogens is 268 g/mol. The van der Waals surface area contributed by atoms with Crippen LogP contribution in [0.4, 0.5) is 0 Å². The van der Waals surface area contributed by atoms with E-state index in [1.807, 2.05) is 0 Å². The molecule has 0 bridgehead atoms. The van der Waals surface area contributed by atoms with Crippen molar-refractivity contribution in [2.75, 3.05) is 13.1 Å². The van der Waals surface area contributed by atoms with Gasteiger partial charge in [-0.2, -0.15) is 0 Å². The van der Waals surface area contributed by atoms with Crippen molar-refractivity contribution in [2.45, 2.75) is 50.0 Å². The number of hydrogen-bond acceptors (Lipinski definition) is 6. The Morgan fingerprint density at radius 2 is 1.20 bits per heavy atom. The topological polar surface area (TPSA) is 139 Å². The first-order valence-corrected chi connectivity index (χ1v) is 6.72. The third-order valence-electron chi connectivity index (χ3n) is 3.49. The van der Waals surface area contributed by atoms with Gasteiger partial charge in [0, 0.05) is 12.1 Å². The number of rotatable bonds is 4. The fourth-order valence-corrected chi connectivity index (χ4v) is 2.38. The second kappa shape index (κ2) is 8.15. The average molecular weight is 290 g/mol. The summed E-state index contributed by atoms with van der Waals surface area (Å²) in [5, 5.41) is 39.6. The van der Waals surface area contributed by atoms with Crippen LogP contribution in [0.15, 0.2) is 0 Å². The minimum absolute atomic E-state index is 0.794. The van der Waals surface area contributed by atoms with Gasteiger partial charge in [0.15, 0.2) is 12.2 Å². The van der Waals surface area contributed by atoms with Crippen LogP contribution in [0.5, 0.6) is 0 Å². The van der Waals surface area contributed by atoms with E-state index in [9.17, 15) is 9.59 Å². The van der Waals surface area contributed by atoms with Crippen LogP contribution in [0.3, 0.4) is 0 Å². The molecule has 0 aromatic carbocycles. The zero-order chi connectivity index (χ0) is 15.1. The summed E-state index contributed by atoms with van der Waals surface area (Å²) in [7, 11) is 0. The van der Waals surface area contributed by atoms with Crippen molar-refractivity contribution in [2.24, 2.45) is 0 Å². The first-order chi connectivity index (χ1) is 9.43. The Hall–Kier alpha value is -1.22. The molecule has 0 radical (unpaired) electrons. The van der Waals surface area contributed by atoms with E-state index in [0.29, 0.717) is 0 Å². The van der Waals surface area contributed by atoms with E-state index in [2.05, 4.69) is 10.6 Å². The van der Waals surface area contributed by atoms with Gasteiger partial charge in [-0.1, -0.05) is 0 Å². The molecule has 3 unspecified atom stereocenters. The summed E-state index contributed by atoms with van der Waals surface area (Å²) in [6.07, 6.45) is 0.996. The Bertz CT molecular complexity index is 294. The predicted molar refractivity (Wildman–Crippen MR) is 69.3 cm³/mol. The molecule has 2 heterocycles. The number of aliphatic carboxylic acids is 2. The van der Waals surface area contributed by atoms with Gasteiger partial charge in [0.05, 0.1) is 0 Å². The summed E-state index contributed by atoms with van der Waals surface area (Å²) in [4.78, 5) is 19.5. The van der Waals surface area contributed by atoms with Crippen LogP contribution in [0.1, 0.15) is 25.7 Å². The maximum atomic E-state index is 9.77. The molecular formula is C12H22N2O6. The fraction of sp³-hybridized carbons (Fsp3) is 0.833. The van der Waals surface area contributed by atoms with Gasteiger partial charge in [-0.3, -0.25) is 0 Å². The quantitative estimate of drug-likeness (QED) is 0.363. The van der Waals surface area contributed by atoms with Crippen LogP contribution in [0.2, 0.25) is 0 Å². The number of aliphatic hydroxyl groups excluding tert-OH is 2. The van der Waals surface area contributed by atoms with E-state index in [4.69, 9.17) is 20.4 Å². The third-order valence-corrected chi connectivity index (χ3v) is 3.49. The Balaban J connectivity index is 0.000000200. The monoisotopic (exact) mass is 290 g/mol. The molecule has 0 amide bonds. The molecule has 0 aliphatic carbocycles. The van der Waals surface area contributed by atoms with Gasteiger partial charge in [-0.05, 0) is 38.8 Å². The van der Waals surface area contributed by atoms with E-state index in [0.717, 1.165) is 12.1 Å². The van der Waals surface area contributed by atoms with Gasteiger partial charge >= 0.3 is 11.9 Å². The van der Waals surface area contributed by atoms with E-state index in [-0.39, 0.29) is 0 Å². The van der Waals surface area contributed by atoms with E-state index in [1.54, 1.807) is 0 Å². The molecule has 0 aromatic rings. The van der Waals surface area contributed by atoms with E-state index in [1.165, 1.54) is 38.8 Å². The van der Waals surface area contributed by atoms with Crippen LogP contribution in [-0.4, -0.2) is 69.7 Å².